The Morgan fingerprint density at radius 1 is 0.694 bits per heavy atom. The van der Waals surface area contributed by atoms with E-state index in [-0.39, 0.29) is 43.9 Å². The third kappa shape index (κ3) is 18.9. The molecule has 1 fully saturated rings. The molecular formula is C49H71N9O14. The summed E-state index contributed by atoms with van der Waals surface area (Å²) < 4.78 is 0. The van der Waals surface area contributed by atoms with Crippen molar-refractivity contribution in [2.75, 3.05) is 13.1 Å². The number of nitrogens with two attached hydrogens (primary N) is 1. The molecule has 0 aliphatic carbocycles. The number of likely N-dealkylation sites (tertiary alicyclic amines) is 1. The number of phenols is 1. The molecule has 8 amide bonds. The number of nitrogens with zero attached hydrogens (tertiary/aromatic N) is 1. The van der Waals surface area contributed by atoms with Crippen molar-refractivity contribution in [1.82, 2.24) is 42.1 Å². The van der Waals surface area contributed by atoms with Crippen LogP contribution >= 0.6 is 0 Å². The number of carboxylic acid groups (broad SMARTS) is 2. The standard InChI is InChI=1S/C49H71N9O14/c1-7-27(4)40(56-43(65)34(19-20-39(62)63)53-38(61)25-51-42(64)33(50)22-26(2)3)46(68)57-41(29(6)59)47(69)55-36(24-31-15-17-32(60)18-16-31)48(70)58-21-11-14-37(58)45(67)54-35(23-30-12-9-8-10-13-30)44(66)52-28(5)49(71)72/h8-10,12-13,15-18,26-29,33-37,40-41,59-60H,7,11,14,19-25,50H2,1-6H3,(H,51,64)(H,52,66)(H,53,61)(H,54,67)(H,55,69)(H,56,65)(H,57,68)(H,62,63)(H,71,72)/t27-,28-,29+,33-,34-,35-,36-,37-,40-,41-/m0/s1. The van der Waals surface area contributed by atoms with Crippen molar-refractivity contribution in [2.24, 2.45) is 17.6 Å². The summed E-state index contributed by atoms with van der Waals surface area (Å²) in [6, 6.07) is 3.65. The number of rotatable bonds is 28. The van der Waals surface area contributed by atoms with Crippen LogP contribution in [0.5, 0.6) is 5.75 Å². The zero-order valence-corrected chi connectivity index (χ0v) is 41.5. The second-order valence-corrected chi connectivity index (χ2v) is 18.5. The minimum atomic E-state index is -1.76. The molecule has 1 saturated heterocycles. The van der Waals surface area contributed by atoms with Crippen LogP contribution in [0.25, 0.3) is 0 Å². The van der Waals surface area contributed by atoms with Gasteiger partial charge in [0.25, 0.3) is 0 Å². The predicted molar refractivity (Wildman–Crippen MR) is 260 cm³/mol. The fraction of sp³-hybridized carbons (Fsp3) is 0.551. The van der Waals surface area contributed by atoms with E-state index in [4.69, 9.17) is 5.73 Å². The van der Waals surface area contributed by atoms with Crippen LogP contribution in [0, 0.1) is 11.8 Å². The van der Waals surface area contributed by atoms with Crippen LogP contribution < -0.4 is 43.0 Å². The van der Waals surface area contributed by atoms with E-state index >= 15 is 0 Å². The van der Waals surface area contributed by atoms with Gasteiger partial charge in [0.1, 0.15) is 48.0 Å². The number of carbonyl (C=O) groups excluding carboxylic acids is 8. The number of benzene rings is 2. The number of aliphatic carboxylic acids is 2. The van der Waals surface area contributed by atoms with Crippen LogP contribution in [0.4, 0.5) is 0 Å². The lowest BCUT2D eigenvalue weighted by molar-refractivity contribution is -0.143. The Labute approximate surface area is 418 Å². The van der Waals surface area contributed by atoms with Gasteiger partial charge in [-0.2, -0.15) is 0 Å². The number of aliphatic hydroxyl groups excluding tert-OH is 1. The van der Waals surface area contributed by atoms with E-state index < -0.39 is 139 Å². The highest BCUT2D eigenvalue weighted by atomic mass is 16.4. The maximum absolute atomic E-state index is 14.6. The Morgan fingerprint density at radius 3 is 1.86 bits per heavy atom. The summed E-state index contributed by atoms with van der Waals surface area (Å²) >= 11 is 0. The summed E-state index contributed by atoms with van der Waals surface area (Å²) in [5.74, 6) is -9.90. The van der Waals surface area contributed by atoms with Gasteiger partial charge in [0.15, 0.2) is 0 Å². The molecule has 3 rings (SSSR count). The molecule has 0 saturated carbocycles. The van der Waals surface area contributed by atoms with Crippen LogP contribution in [0.2, 0.25) is 0 Å². The van der Waals surface area contributed by atoms with E-state index in [1.807, 2.05) is 13.8 Å². The first kappa shape index (κ1) is 59.2. The van der Waals surface area contributed by atoms with Crippen molar-refractivity contribution >= 4 is 59.2 Å². The number of hydrogen-bond acceptors (Lipinski definition) is 13. The molecule has 0 aromatic heterocycles. The van der Waals surface area contributed by atoms with E-state index in [9.17, 15) is 68.4 Å². The number of amides is 8. The van der Waals surface area contributed by atoms with Crippen LogP contribution in [0.15, 0.2) is 54.6 Å². The Hall–Kier alpha value is -7.14. The van der Waals surface area contributed by atoms with Gasteiger partial charge in [0.05, 0.1) is 18.7 Å². The fourth-order valence-electron chi connectivity index (χ4n) is 7.83. The van der Waals surface area contributed by atoms with E-state index in [1.54, 1.807) is 44.2 Å². The first-order chi connectivity index (χ1) is 33.9. The van der Waals surface area contributed by atoms with E-state index in [1.165, 1.54) is 43.0 Å². The average molecular weight is 1010 g/mol. The number of phenolic OH excluding ortho intramolecular Hbond substituents is 1. The van der Waals surface area contributed by atoms with Crippen LogP contribution in [0.1, 0.15) is 91.2 Å². The SMILES string of the molecule is CC[C@H](C)[C@H](NC(=O)[C@H](CCC(=O)O)NC(=O)CNC(=O)[C@@H](N)CC(C)C)C(=O)N[C@H](C(=O)N[C@@H](Cc1ccc(O)cc1)C(=O)N1CCC[C@H]1C(=O)N[C@@H](Cc1ccccc1)C(=O)N[C@@H](C)C(=O)O)[C@@H](C)O. The highest BCUT2D eigenvalue weighted by Crippen LogP contribution is 2.22. The summed E-state index contributed by atoms with van der Waals surface area (Å²) in [5, 5.41) is 57.1. The molecule has 72 heavy (non-hydrogen) atoms. The Balaban J connectivity index is 1.87. The zero-order valence-electron chi connectivity index (χ0n) is 41.5. The predicted octanol–water partition coefficient (Wildman–Crippen LogP) is -1.04. The summed E-state index contributed by atoms with van der Waals surface area (Å²) in [6.45, 7) is 8.95. The van der Waals surface area contributed by atoms with E-state index in [0.717, 1.165) is 0 Å². The quantitative estimate of drug-likeness (QED) is 0.0485. The number of aliphatic hydroxyl groups is 1. The first-order valence-corrected chi connectivity index (χ1v) is 24.0. The van der Waals surface area contributed by atoms with Gasteiger partial charge in [-0.25, -0.2) is 0 Å². The second-order valence-electron chi connectivity index (χ2n) is 18.5. The molecule has 1 aliphatic rings. The number of carboxylic acids is 2. The largest absolute Gasteiger partial charge is 0.508 e. The second kappa shape index (κ2) is 28.6. The summed E-state index contributed by atoms with van der Waals surface area (Å²) in [5.41, 5.74) is 7.00. The summed E-state index contributed by atoms with van der Waals surface area (Å²) in [4.78, 5) is 134. The molecule has 1 heterocycles. The molecular weight excluding hydrogens is 939 g/mol. The number of hydrogen-bond donors (Lipinski definition) is 12. The number of nitrogens with one attached hydrogen (secondary N) is 7. The maximum Gasteiger partial charge on any atom is 0.325 e. The third-order valence-corrected chi connectivity index (χ3v) is 12.1. The molecule has 23 nitrogen and oxygen atoms in total. The van der Waals surface area contributed by atoms with Crippen LogP contribution in [-0.2, 0) is 60.8 Å². The molecule has 10 atom stereocenters. The van der Waals surface area contributed by atoms with Gasteiger partial charge in [-0.05, 0) is 74.6 Å². The van der Waals surface area contributed by atoms with Crippen molar-refractivity contribution in [1.29, 1.82) is 0 Å². The smallest absolute Gasteiger partial charge is 0.325 e. The van der Waals surface area contributed by atoms with Crippen molar-refractivity contribution in [3.8, 4) is 5.75 Å². The van der Waals surface area contributed by atoms with Crippen LogP contribution in [0.3, 0.4) is 0 Å². The van der Waals surface area contributed by atoms with Gasteiger partial charge < -0.3 is 68.3 Å². The monoisotopic (exact) mass is 1010 g/mol. The topological polar surface area (TPSA) is 365 Å². The summed E-state index contributed by atoms with van der Waals surface area (Å²) in [6.07, 6.45) is -1.69. The lowest BCUT2D eigenvalue weighted by Crippen LogP contribution is -2.62. The van der Waals surface area contributed by atoms with Gasteiger partial charge in [-0.1, -0.05) is 76.6 Å². The van der Waals surface area contributed by atoms with E-state index in [2.05, 4.69) is 37.2 Å². The number of carbonyl (C=O) groups is 10. The zero-order chi connectivity index (χ0) is 53.8. The van der Waals surface area contributed by atoms with Crippen molar-refractivity contribution in [2.45, 2.75) is 147 Å². The average Bonchev–Trinajstić information content (AvgIpc) is 3.83. The van der Waals surface area contributed by atoms with Gasteiger partial charge in [0, 0.05) is 25.8 Å². The van der Waals surface area contributed by atoms with Gasteiger partial charge in [-0.15, -0.1) is 0 Å². The molecule has 13 N–H and O–H groups in total. The summed E-state index contributed by atoms with van der Waals surface area (Å²) in [7, 11) is 0. The molecule has 396 valence electrons. The Morgan fingerprint density at radius 2 is 1.28 bits per heavy atom. The minimum absolute atomic E-state index is 0.0174. The maximum atomic E-state index is 14.6. The molecule has 23 heteroatoms. The van der Waals surface area contributed by atoms with Crippen molar-refractivity contribution in [3.05, 3.63) is 65.7 Å². The Kier molecular flexibility index (Phi) is 23.5. The molecule has 0 radical (unpaired) electrons. The fourth-order valence-corrected chi connectivity index (χ4v) is 7.83. The first-order valence-electron chi connectivity index (χ1n) is 24.0. The molecule has 0 unspecified atom stereocenters. The molecule has 1 aliphatic heterocycles. The van der Waals surface area contributed by atoms with Gasteiger partial charge >= 0.3 is 11.9 Å². The van der Waals surface area contributed by atoms with Gasteiger partial charge in [-0.3, -0.25) is 47.9 Å². The van der Waals surface area contributed by atoms with E-state index in [0.29, 0.717) is 24.0 Å². The third-order valence-electron chi connectivity index (χ3n) is 12.1. The number of aromatic hydroxyl groups is 1. The highest BCUT2D eigenvalue weighted by Gasteiger charge is 2.41. The normalized spacial score (nSPS) is 17.0. The molecule has 0 bridgehead atoms. The minimum Gasteiger partial charge on any atom is -0.508 e. The van der Waals surface area contributed by atoms with Crippen molar-refractivity contribution < 1.29 is 68.4 Å². The molecule has 0 spiro atoms. The molecule has 2 aromatic carbocycles. The molecule has 2 aromatic rings. The Bertz CT molecular complexity index is 2210. The van der Waals surface area contributed by atoms with Gasteiger partial charge in [0.2, 0.25) is 47.3 Å². The van der Waals surface area contributed by atoms with Crippen molar-refractivity contribution in [3.63, 3.8) is 0 Å². The highest BCUT2D eigenvalue weighted by molar-refractivity contribution is 5.98. The lowest BCUT2D eigenvalue weighted by Gasteiger charge is -2.32. The lowest BCUT2D eigenvalue weighted by atomic mass is 9.96. The van der Waals surface area contributed by atoms with Crippen LogP contribution in [-0.4, -0.2) is 152 Å².